The van der Waals surface area contributed by atoms with Crippen LogP contribution in [0.5, 0.6) is 5.75 Å². The van der Waals surface area contributed by atoms with Crippen LogP contribution in [0.2, 0.25) is 5.02 Å². The normalized spacial score (nSPS) is 22.6. The van der Waals surface area contributed by atoms with Gasteiger partial charge in [-0.25, -0.2) is 14.4 Å². The lowest BCUT2D eigenvalue weighted by Crippen LogP contribution is -2.23. The Kier molecular flexibility index (Phi) is 7.14. The maximum Gasteiger partial charge on any atom is 0.248 e. The van der Waals surface area contributed by atoms with Crippen LogP contribution in [-0.4, -0.2) is 60.2 Å². The number of likely N-dealkylation sites (tertiary alicyclic amines) is 1. The van der Waals surface area contributed by atoms with E-state index in [1.165, 1.54) is 24.9 Å². The van der Waals surface area contributed by atoms with Gasteiger partial charge in [0.1, 0.15) is 23.7 Å². The zero-order valence-corrected chi connectivity index (χ0v) is 21.6. The van der Waals surface area contributed by atoms with Gasteiger partial charge in [-0.2, -0.15) is 0 Å². The molecule has 0 bridgehead atoms. The first kappa shape index (κ1) is 25.0. The molecule has 3 atom stereocenters. The lowest BCUT2D eigenvalue weighted by molar-refractivity contribution is -0.111. The third-order valence-corrected chi connectivity index (χ3v) is 7.65. The van der Waals surface area contributed by atoms with E-state index in [0.717, 1.165) is 44.5 Å². The molecule has 0 radical (unpaired) electrons. The number of rotatable bonds is 9. The number of benzene rings is 2. The van der Waals surface area contributed by atoms with E-state index in [1.807, 2.05) is 6.08 Å². The second-order valence-electron chi connectivity index (χ2n) is 10.2. The average Bonchev–Trinajstić information content (AvgIpc) is 3.26. The Balaban J connectivity index is 1.24. The SMILES string of the molecule is O=C(C=CCN1CC2CC2C1)Nc1cc2c(Nc3ccc(F)c(Cl)c3)ncnc2cc1OCC1CCOC1. The van der Waals surface area contributed by atoms with Crippen LogP contribution in [0.3, 0.4) is 0 Å². The highest BCUT2D eigenvalue weighted by atomic mass is 35.5. The number of anilines is 3. The molecule has 8 nitrogen and oxygen atoms in total. The fraction of sp³-hybridized carbons (Fsp3) is 0.393. The van der Waals surface area contributed by atoms with E-state index in [9.17, 15) is 9.18 Å². The molecule has 10 heteroatoms. The number of nitrogens with zero attached hydrogens (tertiary/aromatic N) is 3. The van der Waals surface area contributed by atoms with Crippen molar-refractivity contribution in [2.45, 2.75) is 12.8 Å². The number of hydrogen-bond acceptors (Lipinski definition) is 7. The molecule has 3 unspecified atom stereocenters. The Morgan fingerprint density at radius 2 is 2.11 bits per heavy atom. The van der Waals surface area contributed by atoms with Crippen LogP contribution in [0.15, 0.2) is 48.8 Å². The number of amides is 1. The van der Waals surface area contributed by atoms with Crippen LogP contribution in [0.4, 0.5) is 21.6 Å². The van der Waals surface area contributed by atoms with Gasteiger partial charge in [0.25, 0.3) is 0 Å². The minimum absolute atomic E-state index is 0.00522. The van der Waals surface area contributed by atoms with E-state index in [-0.39, 0.29) is 10.9 Å². The number of nitrogens with one attached hydrogen (secondary N) is 2. The van der Waals surface area contributed by atoms with Crippen LogP contribution < -0.4 is 15.4 Å². The quantitative estimate of drug-likeness (QED) is 0.370. The van der Waals surface area contributed by atoms with Crippen molar-refractivity contribution in [1.29, 1.82) is 0 Å². The lowest BCUT2D eigenvalue weighted by atomic mass is 10.1. The summed E-state index contributed by atoms with van der Waals surface area (Å²) in [6.45, 7) is 4.89. The molecule has 3 aliphatic rings. The predicted octanol–water partition coefficient (Wildman–Crippen LogP) is 5.03. The maximum absolute atomic E-state index is 13.6. The summed E-state index contributed by atoms with van der Waals surface area (Å²) in [5, 5.41) is 6.82. The van der Waals surface area contributed by atoms with Crippen LogP contribution in [0, 0.1) is 23.6 Å². The zero-order valence-electron chi connectivity index (χ0n) is 20.8. The Labute approximate surface area is 225 Å². The first-order valence-electron chi connectivity index (χ1n) is 12.9. The Bertz CT molecular complexity index is 1370. The Hall–Kier alpha value is -3.27. The van der Waals surface area contributed by atoms with E-state index < -0.39 is 5.82 Å². The number of halogens is 2. The van der Waals surface area contributed by atoms with Crippen molar-refractivity contribution < 1.29 is 18.7 Å². The first-order chi connectivity index (χ1) is 18.5. The van der Waals surface area contributed by atoms with E-state index in [1.54, 1.807) is 24.3 Å². The number of piperidine rings is 1. The van der Waals surface area contributed by atoms with Gasteiger partial charge < -0.3 is 20.1 Å². The van der Waals surface area contributed by atoms with Gasteiger partial charge in [-0.15, -0.1) is 0 Å². The molecule has 1 amide bonds. The summed E-state index contributed by atoms with van der Waals surface area (Å²) in [4.78, 5) is 24.0. The van der Waals surface area contributed by atoms with Crippen LogP contribution in [0.25, 0.3) is 10.9 Å². The van der Waals surface area contributed by atoms with Crippen molar-refractivity contribution in [3.05, 3.63) is 59.7 Å². The smallest absolute Gasteiger partial charge is 0.248 e. The van der Waals surface area contributed by atoms with E-state index in [0.29, 0.717) is 53.0 Å². The molecule has 1 aromatic heterocycles. The summed E-state index contributed by atoms with van der Waals surface area (Å²) in [5.41, 5.74) is 1.73. The van der Waals surface area contributed by atoms with E-state index in [2.05, 4.69) is 25.5 Å². The molecule has 1 saturated carbocycles. The van der Waals surface area contributed by atoms with Crippen LogP contribution >= 0.6 is 11.6 Å². The van der Waals surface area contributed by atoms with Crippen molar-refractivity contribution in [3.8, 4) is 5.75 Å². The molecule has 3 fully saturated rings. The maximum atomic E-state index is 13.6. The molecular weight excluding hydrogens is 509 g/mol. The molecular formula is C28H29ClFN5O3. The van der Waals surface area contributed by atoms with Crippen molar-refractivity contribution in [1.82, 2.24) is 14.9 Å². The highest BCUT2D eigenvalue weighted by Crippen LogP contribution is 2.44. The first-order valence-corrected chi connectivity index (χ1v) is 13.3. The monoisotopic (exact) mass is 537 g/mol. The fourth-order valence-electron chi connectivity index (χ4n) is 5.16. The third kappa shape index (κ3) is 5.75. The van der Waals surface area contributed by atoms with Gasteiger partial charge in [-0.1, -0.05) is 17.7 Å². The molecule has 2 aliphatic heterocycles. The second-order valence-corrected chi connectivity index (χ2v) is 10.7. The number of aromatic nitrogens is 2. The Morgan fingerprint density at radius 1 is 1.24 bits per heavy atom. The molecule has 198 valence electrons. The van der Waals surface area contributed by atoms with E-state index in [4.69, 9.17) is 21.1 Å². The average molecular weight is 538 g/mol. The number of carbonyl (C=O) groups is 1. The minimum atomic E-state index is -0.501. The third-order valence-electron chi connectivity index (χ3n) is 7.36. The standard InChI is InChI=1S/C28H29ClFN5O3/c29-22-9-20(3-4-23(22)30)33-28-21-10-25(34-27(36)2-1-6-35-12-18-8-19(18)13-35)26(11-24(21)31-16-32-28)38-15-17-5-7-37-14-17/h1-4,9-11,16-19H,5-8,12-15H2,(H,34,36)(H,31,32,33). The lowest BCUT2D eigenvalue weighted by Gasteiger charge is -2.17. The molecule has 3 aromatic rings. The highest BCUT2D eigenvalue weighted by Gasteiger charge is 2.44. The van der Waals surface area contributed by atoms with Gasteiger partial charge in [-0.05, 0) is 48.9 Å². The summed E-state index contributed by atoms with van der Waals surface area (Å²) in [6.07, 6.45) is 7.21. The Morgan fingerprint density at radius 3 is 2.89 bits per heavy atom. The molecule has 6 rings (SSSR count). The number of fused-ring (bicyclic) bond motifs is 2. The molecule has 38 heavy (non-hydrogen) atoms. The van der Waals surface area contributed by atoms with Crippen molar-refractivity contribution in [2.75, 3.05) is 50.1 Å². The van der Waals surface area contributed by atoms with Gasteiger partial charge in [0.15, 0.2) is 0 Å². The summed E-state index contributed by atoms with van der Waals surface area (Å²) in [5.74, 6) is 2.30. The predicted molar refractivity (Wildman–Crippen MR) is 144 cm³/mol. The van der Waals surface area contributed by atoms with Gasteiger partial charge in [0, 0.05) is 55.4 Å². The largest absolute Gasteiger partial charge is 0.491 e. The minimum Gasteiger partial charge on any atom is -0.491 e. The fourth-order valence-corrected chi connectivity index (χ4v) is 5.34. The van der Waals surface area contributed by atoms with Gasteiger partial charge in [0.05, 0.1) is 29.4 Å². The zero-order chi connectivity index (χ0) is 26.1. The molecule has 2 aromatic carbocycles. The highest BCUT2D eigenvalue weighted by molar-refractivity contribution is 6.31. The molecule has 3 heterocycles. The molecule has 1 aliphatic carbocycles. The van der Waals surface area contributed by atoms with Crippen LogP contribution in [0.1, 0.15) is 12.8 Å². The van der Waals surface area contributed by atoms with E-state index >= 15 is 0 Å². The van der Waals surface area contributed by atoms with Crippen molar-refractivity contribution in [2.24, 2.45) is 17.8 Å². The topological polar surface area (TPSA) is 88.6 Å². The van der Waals surface area contributed by atoms with Crippen molar-refractivity contribution in [3.63, 3.8) is 0 Å². The second kappa shape index (κ2) is 10.8. The van der Waals surface area contributed by atoms with Gasteiger partial charge in [-0.3, -0.25) is 9.69 Å². The number of carbonyl (C=O) groups excluding carboxylic acids is 1. The summed E-state index contributed by atoms with van der Waals surface area (Å²) in [6, 6.07) is 7.95. The molecule has 2 N–H and O–H groups in total. The number of hydrogen-bond donors (Lipinski definition) is 2. The van der Waals surface area contributed by atoms with Gasteiger partial charge >= 0.3 is 0 Å². The number of ether oxygens (including phenoxy) is 2. The summed E-state index contributed by atoms with van der Waals surface area (Å²) < 4.78 is 25.3. The van der Waals surface area contributed by atoms with Gasteiger partial charge in [0.2, 0.25) is 5.91 Å². The van der Waals surface area contributed by atoms with Crippen LogP contribution in [-0.2, 0) is 9.53 Å². The summed E-state index contributed by atoms with van der Waals surface area (Å²) >= 11 is 5.95. The molecule has 0 spiro atoms. The van der Waals surface area contributed by atoms with Crippen molar-refractivity contribution >= 4 is 45.6 Å². The summed E-state index contributed by atoms with van der Waals surface area (Å²) in [7, 11) is 0. The molecule has 2 saturated heterocycles.